The van der Waals surface area contributed by atoms with E-state index in [1.54, 1.807) is 0 Å². The Morgan fingerprint density at radius 1 is 1.29 bits per heavy atom. The standard InChI is InChI=1S/C15H25N3S.2ClH/c1-12(2)14-17-13(10-19-14)9-18-8-5-15(11-18)3-6-16-7-4-15;;/h10,12,16H,3-9,11H2,1-2H3;2*1H. The summed E-state index contributed by atoms with van der Waals surface area (Å²) in [5.41, 5.74) is 1.89. The summed E-state index contributed by atoms with van der Waals surface area (Å²) in [6.07, 6.45) is 4.10. The molecule has 3 nitrogen and oxygen atoms in total. The topological polar surface area (TPSA) is 28.2 Å². The molecule has 1 spiro atoms. The van der Waals surface area contributed by atoms with E-state index < -0.39 is 0 Å². The molecule has 2 fully saturated rings. The van der Waals surface area contributed by atoms with Crippen LogP contribution >= 0.6 is 36.2 Å². The molecule has 122 valence electrons. The molecule has 0 radical (unpaired) electrons. The maximum absolute atomic E-state index is 4.77. The van der Waals surface area contributed by atoms with Crippen LogP contribution in [0, 0.1) is 5.41 Å². The Kier molecular flexibility index (Phi) is 7.41. The van der Waals surface area contributed by atoms with Gasteiger partial charge < -0.3 is 5.32 Å². The number of likely N-dealkylation sites (tertiary alicyclic amines) is 1. The van der Waals surface area contributed by atoms with Crippen molar-refractivity contribution >= 4 is 36.2 Å². The van der Waals surface area contributed by atoms with E-state index in [4.69, 9.17) is 4.98 Å². The second kappa shape index (κ2) is 8.11. The largest absolute Gasteiger partial charge is 0.317 e. The number of hydrogen-bond donors (Lipinski definition) is 1. The summed E-state index contributed by atoms with van der Waals surface area (Å²) in [6, 6.07) is 0. The summed E-state index contributed by atoms with van der Waals surface area (Å²) in [5, 5.41) is 7.02. The maximum atomic E-state index is 4.77. The van der Waals surface area contributed by atoms with Crippen molar-refractivity contribution < 1.29 is 0 Å². The third kappa shape index (κ3) is 4.55. The van der Waals surface area contributed by atoms with Crippen molar-refractivity contribution in [2.24, 2.45) is 5.41 Å². The van der Waals surface area contributed by atoms with Crippen LogP contribution in [0.4, 0.5) is 0 Å². The molecule has 3 rings (SSSR count). The van der Waals surface area contributed by atoms with E-state index in [1.165, 1.54) is 56.1 Å². The summed E-state index contributed by atoms with van der Waals surface area (Å²) in [5.74, 6) is 0.563. The van der Waals surface area contributed by atoms with Gasteiger partial charge in [0.1, 0.15) is 0 Å². The van der Waals surface area contributed by atoms with E-state index in [2.05, 4.69) is 29.4 Å². The number of rotatable bonds is 3. The highest BCUT2D eigenvalue weighted by atomic mass is 35.5. The van der Waals surface area contributed by atoms with Crippen LogP contribution in [-0.2, 0) is 6.54 Å². The van der Waals surface area contributed by atoms with Crippen LogP contribution < -0.4 is 5.32 Å². The van der Waals surface area contributed by atoms with Crippen LogP contribution in [0.2, 0.25) is 0 Å². The van der Waals surface area contributed by atoms with E-state index in [0.717, 1.165) is 6.54 Å². The fraction of sp³-hybridized carbons (Fsp3) is 0.800. The van der Waals surface area contributed by atoms with Crippen molar-refractivity contribution in [1.82, 2.24) is 15.2 Å². The number of aromatic nitrogens is 1. The minimum Gasteiger partial charge on any atom is -0.317 e. The zero-order valence-corrected chi connectivity index (χ0v) is 15.4. The second-order valence-corrected chi connectivity index (χ2v) is 7.43. The number of nitrogens with one attached hydrogen (secondary N) is 1. The highest BCUT2D eigenvalue weighted by Gasteiger charge is 2.38. The number of nitrogens with zero attached hydrogens (tertiary/aromatic N) is 2. The molecule has 0 saturated carbocycles. The summed E-state index contributed by atoms with van der Waals surface area (Å²) in [6.45, 7) is 10.5. The van der Waals surface area contributed by atoms with E-state index in [9.17, 15) is 0 Å². The van der Waals surface area contributed by atoms with Crippen LogP contribution in [-0.4, -0.2) is 36.1 Å². The van der Waals surface area contributed by atoms with Gasteiger partial charge in [-0.1, -0.05) is 13.8 Å². The highest BCUT2D eigenvalue weighted by molar-refractivity contribution is 7.09. The molecule has 0 aliphatic carbocycles. The monoisotopic (exact) mass is 351 g/mol. The van der Waals surface area contributed by atoms with Gasteiger partial charge in [0.25, 0.3) is 0 Å². The smallest absolute Gasteiger partial charge is 0.0954 e. The first-order valence-electron chi connectivity index (χ1n) is 7.54. The molecule has 1 aromatic heterocycles. The number of hydrogen-bond acceptors (Lipinski definition) is 4. The van der Waals surface area contributed by atoms with Gasteiger partial charge in [-0.2, -0.15) is 0 Å². The zero-order chi connectivity index (χ0) is 13.3. The van der Waals surface area contributed by atoms with Crippen LogP contribution in [0.5, 0.6) is 0 Å². The first-order chi connectivity index (χ1) is 9.17. The second-order valence-electron chi connectivity index (χ2n) is 6.54. The van der Waals surface area contributed by atoms with Gasteiger partial charge >= 0.3 is 0 Å². The molecule has 0 bridgehead atoms. The zero-order valence-electron chi connectivity index (χ0n) is 12.9. The lowest BCUT2D eigenvalue weighted by Crippen LogP contribution is -2.38. The first-order valence-corrected chi connectivity index (χ1v) is 8.42. The fourth-order valence-corrected chi connectivity index (χ4v) is 4.24. The Hall–Kier alpha value is 0.130. The molecule has 2 aliphatic heterocycles. The summed E-state index contributed by atoms with van der Waals surface area (Å²) in [7, 11) is 0. The minimum absolute atomic E-state index is 0. The van der Waals surface area contributed by atoms with Gasteiger partial charge in [-0.15, -0.1) is 36.2 Å². The Balaban J connectivity index is 0.00000110. The van der Waals surface area contributed by atoms with Crippen molar-refractivity contribution in [3.05, 3.63) is 16.1 Å². The maximum Gasteiger partial charge on any atom is 0.0954 e. The average molecular weight is 352 g/mol. The molecule has 2 saturated heterocycles. The van der Waals surface area contributed by atoms with Crippen molar-refractivity contribution in [1.29, 1.82) is 0 Å². The molecule has 21 heavy (non-hydrogen) atoms. The van der Waals surface area contributed by atoms with Crippen molar-refractivity contribution in [2.45, 2.75) is 45.6 Å². The number of thiazole rings is 1. The van der Waals surface area contributed by atoms with Gasteiger partial charge in [0.2, 0.25) is 0 Å². The lowest BCUT2D eigenvalue weighted by molar-refractivity contribution is 0.193. The number of piperidine rings is 1. The first kappa shape index (κ1) is 19.2. The van der Waals surface area contributed by atoms with Crippen LogP contribution in [0.1, 0.15) is 49.7 Å². The Morgan fingerprint density at radius 3 is 2.62 bits per heavy atom. The van der Waals surface area contributed by atoms with Gasteiger partial charge in [0.15, 0.2) is 0 Å². The molecular weight excluding hydrogens is 325 g/mol. The summed E-state index contributed by atoms with van der Waals surface area (Å²) in [4.78, 5) is 7.39. The lowest BCUT2D eigenvalue weighted by Gasteiger charge is -2.33. The highest BCUT2D eigenvalue weighted by Crippen LogP contribution is 2.39. The van der Waals surface area contributed by atoms with Gasteiger partial charge in [-0.25, -0.2) is 4.98 Å². The van der Waals surface area contributed by atoms with Crippen molar-refractivity contribution in [3.8, 4) is 0 Å². The molecular formula is C15H27Cl2N3S. The van der Waals surface area contributed by atoms with Gasteiger partial charge in [-0.05, 0) is 44.3 Å². The lowest BCUT2D eigenvalue weighted by atomic mass is 9.78. The van der Waals surface area contributed by atoms with Crippen LogP contribution in [0.25, 0.3) is 0 Å². The molecule has 6 heteroatoms. The average Bonchev–Trinajstić information content (AvgIpc) is 2.99. The number of halogens is 2. The summed E-state index contributed by atoms with van der Waals surface area (Å²) >= 11 is 1.82. The quantitative estimate of drug-likeness (QED) is 0.899. The van der Waals surface area contributed by atoms with Crippen molar-refractivity contribution in [3.63, 3.8) is 0 Å². The molecule has 1 N–H and O–H groups in total. The third-order valence-corrected chi connectivity index (χ3v) is 5.82. The van der Waals surface area contributed by atoms with Crippen LogP contribution in [0.3, 0.4) is 0 Å². The van der Waals surface area contributed by atoms with Gasteiger partial charge in [0.05, 0.1) is 10.7 Å². The molecule has 0 atom stereocenters. The minimum atomic E-state index is 0. The summed E-state index contributed by atoms with van der Waals surface area (Å²) < 4.78 is 0. The van der Waals surface area contributed by atoms with Crippen LogP contribution in [0.15, 0.2) is 5.38 Å². The predicted octanol–water partition coefficient (Wildman–Crippen LogP) is 3.69. The Labute approximate surface area is 144 Å². The predicted molar refractivity (Wildman–Crippen MR) is 95.1 cm³/mol. The van der Waals surface area contributed by atoms with Gasteiger partial charge in [0, 0.05) is 24.4 Å². The SMILES string of the molecule is CC(C)c1nc(CN2CCC3(CCNCC3)C2)cs1.Cl.Cl. The Bertz CT molecular complexity index is 430. The third-order valence-electron chi connectivity index (χ3n) is 4.63. The Morgan fingerprint density at radius 2 is 2.00 bits per heavy atom. The van der Waals surface area contributed by atoms with Crippen molar-refractivity contribution in [2.75, 3.05) is 26.2 Å². The molecule has 0 unspecified atom stereocenters. The molecule has 2 aliphatic rings. The molecule has 1 aromatic rings. The molecule has 0 aromatic carbocycles. The normalized spacial score (nSPS) is 21.3. The van der Waals surface area contributed by atoms with E-state index in [0.29, 0.717) is 11.3 Å². The fourth-order valence-electron chi connectivity index (χ4n) is 3.42. The van der Waals surface area contributed by atoms with E-state index in [-0.39, 0.29) is 24.8 Å². The molecule has 3 heterocycles. The van der Waals surface area contributed by atoms with E-state index in [1.807, 2.05) is 11.3 Å². The molecule has 0 amide bonds. The van der Waals surface area contributed by atoms with E-state index >= 15 is 0 Å². The van der Waals surface area contributed by atoms with Gasteiger partial charge in [-0.3, -0.25) is 4.90 Å².